The highest BCUT2D eigenvalue weighted by Crippen LogP contribution is 2.14. The van der Waals surface area contributed by atoms with E-state index in [-0.39, 0.29) is 11.8 Å². The second-order valence-corrected chi connectivity index (χ2v) is 5.61. The van der Waals surface area contributed by atoms with Crippen LogP contribution in [0.4, 0.5) is 11.4 Å². The summed E-state index contributed by atoms with van der Waals surface area (Å²) in [6.07, 6.45) is 0.293. The van der Waals surface area contributed by atoms with Crippen LogP contribution in [0.25, 0.3) is 0 Å². The van der Waals surface area contributed by atoms with Gasteiger partial charge in [0.2, 0.25) is 5.91 Å². The third-order valence-electron chi connectivity index (χ3n) is 3.65. The molecule has 3 aromatic rings. The number of anilines is 2. The van der Waals surface area contributed by atoms with E-state index in [1.54, 1.807) is 24.3 Å². The van der Waals surface area contributed by atoms with E-state index in [9.17, 15) is 9.59 Å². The van der Waals surface area contributed by atoms with E-state index in [1.807, 2.05) is 60.7 Å². The van der Waals surface area contributed by atoms with Gasteiger partial charge in [-0.3, -0.25) is 9.59 Å². The Morgan fingerprint density at radius 3 is 2.04 bits per heavy atom. The van der Waals surface area contributed by atoms with E-state index in [0.29, 0.717) is 17.7 Å². The fourth-order valence-corrected chi connectivity index (χ4v) is 2.45. The highest BCUT2D eigenvalue weighted by Gasteiger charge is 2.09. The van der Waals surface area contributed by atoms with Gasteiger partial charge in [-0.05, 0) is 35.9 Å². The normalized spacial score (nSPS) is 10.1. The largest absolute Gasteiger partial charge is 0.326 e. The number of rotatable bonds is 5. The first-order chi connectivity index (χ1) is 12.2. The van der Waals surface area contributed by atoms with Gasteiger partial charge in [-0.1, -0.05) is 54.6 Å². The molecule has 0 aliphatic heterocycles. The first-order valence-electron chi connectivity index (χ1n) is 8.01. The van der Waals surface area contributed by atoms with Crippen molar-refractivity contribution in [3.05, 3.63) is 96.1 Å². The zero-order valence-electron chi connectivity index (χ0n) is 13.6. The maximum atomic E-state index is 12.3. The van der Waals surface area contributed by atoms with Gasteiger partial charge in [0.15, 0.2) is 0 Å². The Kier molecular flexibility index (Phi) is 5.22. The van der Waals surface area contributed by atoms with Crippen LogP contribution in [0.5, 0.6) is 0 Å². The topological polar surface area (TPSA) is 58.2 Å². The predicted octanol–water partition coefficient (Wildman–Crippen LogP) is 4.12. The summed E-state index contributed by atoms with van der Waals surface area (Å²) in [5, 5.41) is 5.66. The molecule has 0 saturated carbocycles. The Labute approximate surface area is 146 Å². The third kappa shape index (κ3) is 4.78. The van der Waals surface area contributed by atoms with Crippen LogP contribution in [0.3, 0.4) is 0 Å². The van der Waals surface area contributed by atoms with Gasteiger partial charge in [0.05, 0.1) is 6.42 Å². The first-order valence-corrected chi connectivity index (χ1v) is 8.01. The van der Waals surface area contributed by atoms with Gasteiger partial charge in [-0.15, -0.1) is 0 Å². The van der Waals surface area contributed by atoms with Crippen LogP contribution < -0.4 is 10.6 Å². The molecular weight excluding hydrogens is 312 g/mol. The van der Waals surface area contributed by atoms with Gasteiger partial charge < -0.3 is 10.6 Å². The molecule has 0 aromatic heterocycles. The maximum absolute atomic E-state index is 12.3. The minimum atomic E-state index is -0.217. The van der Waals surface area contributed by atoms with Crippen LogP contribution in [-0.2, 0) is 11.2 Å². The van der Waals surface area contributed by atoms with E-state index < -0.39 is 0 Å². The number of para-hydroxylation sites is 1. The lowest BCUT2D eigenvalue weighted by Gasteiger charge is -2.08. The van der Waals surface area contributed by atoms with Crippen LogP contribution in [0, 0.1) is 0 Å². The highest BCUT2D eigenvalue weighted by molar-refractivity contribution is 6.05. The van der Waals surface area contributed by atoms with Gasteiger partial charge in [-0.25, -0.2) is 0 Å². The van der Waals surface area contributed by atoms with E-state index in [0.717, 1.165) is 11.3 Å². The van der Waals surface area contributed by atoms with Gasteiger partial charge in [0.25, 0.3) is 5.91 Å². The van der Waals surface area contributed by atoms with Crippen LogP contribution >= 0.6 is 0 Å². The summed E-state index contributed by atoms with van der Waals surface area (Å²) < 4.78 is 0. The van der Waals surface area contributed by atoms with Crippen molar-refractivity contribution in [2.24, 2.45) is 0 Å². The zero-order valence-corrected chi connectivity index (χ0v) is 13.6. The van der Waals surface area contributed by atoms with E-state index in [1.165, 1.54) is 0 Å². The van der Waals surface area contributed by atoms with Crippen molar-refractivity contribution in [3.63, 3.8) is 0 Å². The van der Waals surface area contributed by atoms with Gasteiger partial charge >= 0.3 is 0 Å². The average molecular weight is 330 g/mol. The predicted molar refractivity (Wildman–Crippen MR) is 99.6 cm³/mol. The second-order valence-electron chi connectivity index (χ2n) is 5.61. The Morgan fingerprint density at radius 2 is 1.32 bits per heavy atom. The molecule has 0 radical (unpaired) electrons. The lowest BCUT2D eigenvalue weighted by molar-refractivity contribution is -0.115. The number of nitrogens with one attached hydrogen (secondary N) is 2. The minimum absolute atomic E-state index is 0.119. The van der Waals surface area contributed by atoms with Crippen molar-refractivity contribution in [2.75, 3.05) is 10.6 Å². The molecule has 0 aliphatic rings. The standard InChI is InChI=1S/C21H18N2O2/c24-20(14-16-8-3-1-4-9-16)22-19-13-7-10-17(15-19)21(25)23-18-11-5-2-6-12-18/h1-13,15H,14H2,(H,22,24)(H,23,25). The van der Waals surface area contributed by atoms with Crippen molar-refractivity contribution < 1.29 is 9.59 Å². The molecular formula is C21H18N2O2. The summed E-state index contributed by atoms with van der Waals surface area (Å²) in [5.41, 5.74) is 2.76. The number of hydrogen-bond donors (Lipinski definition) is 2. The molecule has 0 aliphatic carbocycles. The number of carbonyl (C=O) groups is 2. The summed E-state index contributed by atoms with van der Waals surface area (Å²) in [6.45, 7) is 0. The molecule has 2 N–H and O–H groups in total. The molecule has 0 heterocycles. The number of hydrogen-bond acceptors (Lipinski definition) is 2. The smallest absolute Gasteiger partial charge is 0.255 e. The lowest BCUT2D eigenvalue weighted by atomic mass is 10.1. The molecule has 0 fully saturated rings. The molecule has 0 atom stereocenters. The highest BCUT2D eigenvalue weighted by atomic mass is 16.2. The Bertz CT molecular complexity index is 861. The molecule has 0 unspecified atom stereocenters. The number of amides is 2. The molecule has 124 valence electrons. The van der Waals surface area contributed by atoms with Gasteiger partial charge in [0.1, 0.15) is 0 Å². The maximum Gasteiger partial charge on any atom is 0.255 e. The van der Waals surface area contributed by atoms with Crippen LogP contribution in [0.15, 0.2) is 84.9 Å². The summed E-state index contributed by atoms with van der Waals surface area (Å²) in [5.74, 6) is -0.336. The van der Waals surface area contributed by atoms with Crippen molar-refractivity contribution >= 4 is 23.2 Å². The molecule has 0 spiro atoms. The SMILES string of the molecule is O=C(Cc1ccccc1)Nc1cccc(C(=O)Nc2ccccc2)c1. The number of benzene rings is 3. The molecule has 0 bridgehead atoms. The van der Waals surface area contributed by atoms with Crippen LogP contribution in [-0.4, -0.2) is 11.8 Å². The van der Waals surface area contributed by atoms with E-state index in [4.69, 9.17) is 0 Å². The van der Waals surface area contributed by atoms with E-state index in [2.05, 4.69) is 10.6 Å². The fourth-order valence-electron chi connectivity index (χ4n) is 2.45. The molecule has 0 saturated heterocycles. The molecule has 2 amide bonds. The van der Waals surface area contributed by atoms with Crippen molar-refractivity contribution in [2.45, 2.75) is 6.42 Å². The van der Waals surface area contributed by atoms with Gasteiger partial charge in [-0.2, -0.15) is 0 Å². The summed E-state index contributed by atoms with van der Waals surface area (Å²) in [7, 11) is 0. The molecule has 3 rings (SSSR count). The van der Waals surface area contributed by atoms with Crippen molar-refractivity contribution in [1.82, 2.24) is 0 Å². The van der Waals surface area contributed by atoms with Crippen LogP contribution in [0.1, 0.15) is 15.9 Å². The minimum Gasteiger partial charge on any atom is -0.326 e. The Balaban J connectivity index is 1.65. The Hall–Kier alpha value is -3.40. The van der Waals surface area contributed by atoms with Crippen molar-refractivity contribution in [3.8, 4) is 0 Å². The van der Waals surface area contributed by atoms with E-state index >= 15 is 0 Å². The molecule has 25 heavy (non-hydrogen) atoms. The lowest BCUT2D eigenvalue weighted by Crippen LogP contribution is -2.16. The molecule has 4 heteroatoms. The summed E-state index contributed by atoms with van der Waals surface area (Å²) >= 11 is 0. The zero-order chi connectivity index (χ0) is 17.5. The van der Waals surface area contributed by atoms with Crippen molar-refractivity contribution in [1.29, 1.82) is 0 Å². The average Bonchev–Trinajstić information content (AvgIpc) is 2.63. The fraction of sp³-hybridized carbons (Fsp3) is 0.0476. The Morgan fingerprint density at radius 1 is 0.680 bits per heavy atom. The second kappa shape index (κ2) is 7.93. The quantitative estimate of drug-likeness (QED) is 0.739. The molecule has 3 aromatic carbocycles. The summed E-state index contributed by atoms with van der Waals surface area (Å²) in [6, 6.07) is 25.7. The monoisotopic (exact) mass is 330 g/mol. The summed E-state index contributed by atoms with van der Waals surface area (Å²) in [4.78, 5) is 24.5. The number of carbonyl (C=O) groups excluding carboxylic acids is 2. The molecule has 4 nitrogen and oxygen atoms in total. The van der Waals surface area contributed by atoms with Gasteiger partial charge in [0, 0.05) is 16.9 Å². The first kappa shape index (κ1) is 16.5. The third-order valence-corrected chi connectivity index (χ3v) is 3.65. The van der Waals surface area contributed by atoms with Crippen LogP contribution in [0.2, 0.25) is 0 Å².